The Labute approximate surface area is 143 Å². The number of nitrogens with one attached hydrogen (secondary N) is 2. The number of nitrogens with zero attached hydrogens (tertiary/aromatic N) is 1. The molecule has 0 saturated heterocycles. The van der Waals surface area contributed by atoms with E-state index in [1.165, 1.54) is 42.6 Å². The third-order valence-corrected chi connectivity index (χ3v) is 3.39. The number of carbonyl (C=O) groups is 1. The van der Waals surface area contributed by atoms with Crippen LogP contribution in [0.5, 0.6) is 11.5 Å². The molecule has 0 aliphatic heterocycles. The average molecular weight is 344 g/mol. The fourth-order valence-electron chi connectivity index (χ4n) is 1.90. The number of anilines is 2. The quantitative estimate of drug-likeness (QED) is 0.294. The van der Waals surface area contributed by atoms with Gasteiger partial charge in [0, 0.05) is 16.9 Å². The summed E-state index contributed by atoms with van der Waals surface area (Å²) in [5, 5.41) is 33.9. The highest BCUT2D eigenvalue weighted by atomic mass is 35.5. The predicted molar refractivity (Wildman–Crippen MR) is 91.9 cm³/mol. The normalized spacial score (nSPS) is 10.8. The molecule has 2 aromatic rings. The standard InChI is InChI=1S/C17H14ClN3O3/c1-10-6-13(22)3-4-14(10)21-17(24)11(8-19)9-20-15-7-12(18)2-5-16(15)23/h2-7,9,20,22-23H,1H3,(H,21,24)/b11-9-. The van der Waals surface area contributed by atoms with E-state index in [1.54, 1.807) is 13.0 Å². The molecule has 0 fully saturated rings. The number of rotatable bonds is 4. The first-order chi connectivity index (χ1) is 11.4. The zero-order valence-electron chi connectivity index (χ0n) is 12.7. The molecule has 0 atom stereocenters. The molecule has 122 valence electrons. The van der Waals surface area contributed by atoms with Crippen molar-refractivity contribution in [1.29, 1.82) is 5.26 Å². The van der Waals surface area contributed by atoms with Gasteiger partial charge in [-0.15, -0.1) is 0 Å². The lowest BCUT2D eigenvalue weighted by atomic mass is 10.2. The van der Waals surface area contributed by atoms with Crippen molar-refractivity contribution in [3.63, 3.8) is 0 Å². The van der Waals surface area contributed by atoms with Crippen LogP contribution in [0, 0.1) is 18.3 Å². The minimum absolute atomic E-state index is 0.0669. The maximum Gasteiger partial charge on any atom is 0.267 e. The molecular formula is C17H14ClN3O3. The van der Waals surface area contributed by atoms with Gasteiger partial charge in [0.15, 0.2) is 0 Å². The van der Waals surface area contributed by atoms with Crippen LogP contribution in [0.4, 0.5) is 11.4 Å². The van der Waals surface area contributed by atoms with Gasteiger partial charge < -0.3 is 20.8 Å². The second kappa shape index (κ2) is 7.40. The smallest absolute Gasteiger partial charge is 0.267 e. The second-order valence-electron chi connectivity index (χ2n) is 4.93. The Balaban J connectivity index is 2.16. The summed E-state index contributed by atoms with van der Waals surface area (Å²) in [6, 6.07) is 10.6. The molecule has 2 rings (SSSR count). The monoisotopic (exact) mass is 343 g/mol. The van der Waals surface area contributed by atoms with Gasteiger partial charge in [0.05, 0.1) is 5.69 Å². The van der Waals surface area contributed by atoms with Crippen LogP contribution >= 0.6 is 11.6 Å². The Morgan fingerprint density at radius 2 is 1.96 bits per heavy atom. The van der Waals surface area contributed by atoms with Gasteiger partial charge in [0.1, 0.15) is 23.1 Å². The number of nitriles is 1. The van der Waals surface area contributed by atoms with Gasteiger partial charge in [-0.05, 0) is 48.9 Å². The largest absolute Gasteiger partial charge is 0.508 e. The van der Waals surface area contributed by atoms with Gasteiger partial charge in [-0.3, -0.25) is 4.79 Å². The van der Waals surface area contributed by atoms with E-state index in [1.807, 2.05) is 0 Å². The Kier molecular flexibility index (Phi) is 5.30. The number of hydrogen-bond acceptors (Lipinski definition) is 5. The van der Waals surface area contributed by atoms with Crippen LogP contribution in [-0.4, -0.2) is 16.1 Å². The van der Waals surface area contributed by atoms with E-state index in [4.69, 9.17) is 16.9 Å². The molecule has 24 heavy (non-hydrogen) atoms. The first-order valence-corrected chi connectivity index (χ1v) is 7.25. The second-order valence-corrected chi connectivity index (χ2v) is 5.37. The van der Waals surface area contributed by atoms with Gasteiger partial charge >= 0.3 is 0 Å². The molecule has 2 aromatic carbocycles. The maximum atomic E-state index is 12.2. The molecular weight excluding hydrogens is 330 g/mol. The third-order valence-electron chi connectivity index (χ3n) is 3.15. The molecule has 0 aromatic heterocycles. The van der Waals surface area contributed by atoms with E-state index in [-0.39, 0.29) is 22.8 Å². The summed E-state index contributed by atoms with van der Waals surface area (Å²) in [6.45, 7) is 1.72. The molecule has 0 radical (unpaired) electrons. The van der Waals surface area contributed by atoms with Crippen molar-refractivity contribution in [2.45, 2.75) is 6.92 Å². The predicted octanol–water partition coefficient (Wildman–Crippen LogP) is 3.52. The van der Waals surface area contributed by atoms with Crippen molar-refractivity contribution in [2.75, 3.05) is 10.6 Å². The number of aromatic hydroxyl groups is 2. The van der Waals surface area contributed by atoms with Crippen LogP contribution in [0.2, 0.25) is 5.02 Å². The minimum atomic E-state index is -0.625. The minimum Gasteiger partial charge on any atom is -0.508 e. The maximum absolute atomic E-state index is 12.2. The van der Waals surface area contributed by atoms with Crippen LogP contribution in [0.15, 0.2) is 48.2 Å². The van der Waals surface area contributed by atoms with Gasteiger partial charge in [0.25, 0.3) is 5.91 Å². The molecule has 0 unspecified atom stereocenters. The first kappa shape index (κ1) is 17.2. The summed E-state index contributed by atoms with van der Waals surface area (Å²) in [4.78, 5) is 12.2. The first-order valence-electron chi connectivity index (χ1n) is 6.87. The summed E-state index contributed by atoms with van der Waals surface area (Å²) in [7, 11) is 0. The number of hydrogen-bond donors (Lipinski definition) is 4. The Bertz CT molecular complexity index is 857. The highest BCUT2D eigenvalue weighted by Crippen LogP contribution is 2.26. The molecule has 0 heterocycles. The van der Waals surface area contributed by atoms with Crippen LogP contribution in [0.3, 0.4) is 0 Å². The number of phenolic OH excluding ortho intramolecular Hbond substituents is 2. The van der Waals surface area contributed by atoms with Gasteiger partial charge in [-0.1, -0.05) is 11.6 Å². The van der Waals surface area contributed by atoms with E-state index >= 15 is 0 Å². The van der Waals surface area contributed by atoms with Crippen molar-refractivity contribution in [1.82, 2.24) is 0 Å². The van der Waals surface area contributed by atoms with E-state index in [9.17, 15) is 15.0 Å². The number of carbonyl (C=O) groups excluding carboxylic acids is 1. The van der Waals surface area contributed by atoms with Gasteiger partial charge in [0.2, 0.25) is 0 Å². The molecule has 0 aliphatic carbocycles. The summed E-state index contributed by atoms with van der Waals surface area (Å²) >= 11 is 5.83. The zero-order chi connectivity index (χ0) is 17.7. The summed E-state index contributed by atoms with van der Waals surface area (Å²) < 4.78 is 0. The molecule has 0 aliphatic rings. The van der Waals surface area contributed by atoms with Crippen molar-refractivity contribution < 1.29 is 15.0 Å². The zero-order valence-corrected chi connectivity index (χ0v) is 13.4. The molecule has 7 heteroatoms. The Hall–Kier alpha value is -3.17. The van der Waals surface area contributed by atoms with Gasteiger partial charge in [-0.2, -0.15) is 5.26 Å². The highest BCUT2D eigenvalue weighted by Gasteiger charge is 2.11. The molecule has 0 spiro atoms. The summed E-state index contributed by atoms with van der Waals surface area (Å²) in [5.74, 6) is -0.609. The number of benzene rings is 2. The Morgan fingerprint density at radius 1 is 1.21 bits per heavy atom. The third kappa shape index (κ3) is 4.18. The molecule has 6 nitrogen and oxygen atoms in total. The van der Waals surface area contributed by atoms with Crippen LogP contribution in [0.25, 0.3) is 0 Å². The SMILES string of the molecule is Cc1cc(O)ccc1NC(=O)/C(C#N)=C\Nc1cc(Cl)ccc1O. The van der Waals surface area contributed by atoms with E-state index < -0.39 is 5.91 Å². The van der Waals surface area contributed by atoms with Crippen LogP contribution in [0.1, 0.15) is 5.56 Å². The fraction of sp³-hybridized carbons (Fsp3) is 0.0588. The number of phenols is 2. The van der Waals surface area contributed by atoms with Crippen LogP contribution in [-0.2, 0) is 4.79 Å². The van der Waals surface area contributed by atoms with Crippen molar-refractivity contribution in [3.05, 3.63) is 58.8 Å². The lowest BCUT2D eigenvalue weighted by Gasteiger charge is -2.09. The summed E-state index contributed by atoms with van der Waals surface area (Å²) in [6.07, 6.45) is 1.18. The number of aryl methyl sites for hydroxylation is 1. The fourth-order valence-corrected chi connectivity index (χ4v) is 2.07. The molecule has 4 N–H and O–H groups in total. The van der Waals surface area contributed by atoms with Gasteiger partial charge in [-0.25, -0.2) is 0 Å². The van der Waals surface area contributed by atoms with Crippen LogP contribution < -0.4 is 10.6 Å². The topological polar surface area (TPSA) is 105 Å². The summed E-state index contributed by atoms with van der Waals surface area (Å²) in [5.41, 5.74) is 1.20. The van der Waals surface area contributed by atoms with Crippen molar-refractivity contribution in [3.8, 4) is 17.6 Å². The highest BCUT2D eigenvalue weighted by molar-refractivity contribution is 6.30. The van der Waals surface area contributed by atoms with E-state index in [0.29, 0.717) is 16.3 Å². The number of amides is 1. The molecule has 0 saturated carbocycles. The molecule has 0 bridgehead atoms. The van der Waals surface area contributed by atoms with E-state index in [2.05, 4.69) is 10.6 Å². The lowest BCUT2D eigenvalue weighted by molar-refractivity contribution is -0.112. The van der Waals surface area contributed by atoms with E-state index in [0.717, 1.165) is 0 Å². The Morgan fingerprint density at radius 3 is 2.62 bits per heavy atom. The van der Waals surface area contributed by atoms with Crippen molar-refractivity contribution >= 4 is 28.9 Å². The average Bonchev–Trinajstić information content (AvgIpc) is 2.54. The molecule has 1 amide bonds. The number of halogens is 1. The lowest BCUT2D eigenvalue weighted by Crippen LogP contribution is -2.15. The van der Waals surface area contributed by atoms with Crippen molar-refractivity contribution in [2.24, 2.45) is 0 Å².